The zero-order chi connectivity index (χ0) is 11.8. The fraction of sp³-hybridized carbons (Fsp3) is 0.250. The summed E-state index contributed by atoms with van der Waals surface area (Å²) in [5.41, 5.74) is 0.845. The van der Waals surface area contributed by atoms with Crippen molar-refractivity contribution in [2.75, 3.05) is 18.5 Å². The van der Waals surface area contributed by atoms with E-state index in [-0.39, 0.29) is 13.2 Å². The average molecular weight is 223 g/mol. The molecule has 1 aromatic carbocycles. The van der Waals surface area contributed by atoms with Crippen molar-refractivity contribution in [3.05, 3.63) is 43.0 Å². The molecule has 16 heavy (non-hydrogen) atoms. The van der Waals surface area contributed by atoms with Crippen molar-refractivity contribution in [1.82, 2.24) is 0 Å². The lowest BCUT2D eigenvalue weighted by atomic mass is 10.3. The van der Waals surface area contributed by atoms with Crippen molar-refractivity contribution >= 4 is 11.7 Å². The molecule has 0 aliphatic carbocycles. The Hall–Kier alpha value is -1.81. The van der Waals surface area contributed by atoms with Gasteiger partial charge in [0.25, 0.3) is 0 Å². The third-order valence-corrected chi connectivity index (χ3v) is 1.89. The lowest BCUT2D eigenvalue weighted by Gasteiger charge is -2.11. The molecule has 0 aliphatic heterocycles. The van der Waals surface area contributed by atoms with Gasteiger partial charge in [0, 0.05) is 5.69 Å². The summed E-state index contributed by atoms with van der Waals surface area (Å²) in [6, 6.07) is 9.32. The number of aliphatic hydroxyl groups excluding tert-OH is 1. The van der Waals surface area contributed by atoms with Gasteiger partial charge in [-0.2, -0.15) is 0 Å². The van der Waals surface area contributed by atoms with Gasteiger partial charge in [-0.1, -0.05) is 30.9 Å². The van der Waals surface area contributed by atoms with Crippen LogP contribution in [0.5, 0.6) is 0 Å². The van der Waals surface area contributed by atoms with E-state index in [9.17, 15) is 9.90 Å². The molecule has 0 spiro atoms. The molecular formula is C12H15NO3. The molecule has 0 unspecified atom stereocenters. The van der Waals surface area contributed by atoms with Crippen LogP contribution in [-0.4, -0.2) is 30.3 Å². The first kappa shape index (κ1) is 12.3. The van der Waals surface area contributed by atoms with Crippen LogP contribution in [0.4, 0.5) is 5.69 Å². The molecular weight excluding hydrogens is 208 g/mol. The van der Waals surface area contributed by atoms with Crippen LogP contribution in [0.1, 0.15) is 0 Å². The number of hydrogen-bond donors (Lipinski definition) is 2. The highest BCUT2D eigenvalue weighted by molar-refractivity contribution is 5.75. The van der Waals surface area contributed by atoms with Crippen LogP contribution in [-0.2, 0) is 9.53 Å². The van der Waals surface area contributed by atoms with E-state index >= 15 is 0 Å². The predicted octanol–water partition coefficient (Wildman–Crippen LogP) is 1.19. The Labute approximate surface area is 94.6 Å². The second-order valence-corrected chi connectivity index (χ2v) is 3.18. The summed E-state index contributed by atoms with van der Waals surface area (Å²) in [5.74, 6) is -0.650. The smallest absolute Gasteiger partial charge is 0.337 e. The highest BCUT2D eigenvalue weighted by Gasteiger charge is 2.15. The van der Waals surface area contributed by atoms with Crippen molar-refractivity contribution in [3.8, 4) is 0 Å². The predicted molar refractivity (Wildman–Crippen MR) is 62.1 cm³/mol. The summed E-state index contributed by atoms with van der Waals surface area (Å²) in [6.07, 6.45) is 0.287. The molecule has 4 nitrogen and oxygen atoms in total. The van der Waals surface area contributed by atoms with E-state index in [1.54, 1.807) is 0 Å². The summed E-state index contributed by atoms with van der Waals surface area (Å²) in [6.45, 7) is 3.65. The molecule has 0 aliphatic rings. The lowest BCUT2D eigenvalue weighted by molar-refractivity contribution is -0.151. The molecule has 0 heterocycles. The Balaban J connectivity index is 2.32. The van der Waals surface area contributed by atoms with Crippen LogP contribution >= 0.6 is 0 Å². The Kier molecular flexibility index (Phi) is 5.08. The van der Waals surface area contributed by atoms with Crippen LogP contribution < -0.4 is 5.32 Å². The topological polar surface area (TPSA) is 58.6 Å². The number of para-hydroxylation sites is 1. The largest absolute Gasteiger partial charge is 0.460 e. The van der Waals surface area contributed by atoms with Crippen molar-refractivity contribution in [1.29, 1.82) is 0 Å². The molecule has 0 amide bonds. The summed E-state index contributed by atoms with van der Waals surface area (Å²) < 4.78 is 4.69. The average Bonchev–Trinajstić information content (AvgIpc) is 2.34. The Morgan fingerprint density at radius 2 is 2.19 bits per heavy atom. The van der Waals surface area contributed by atoms with Crippen molar-refractivity contribution in [2.45, 2.75) is 6.10 Å². The van der Waals surface area contributed by atoms with Gasteiger partial charge < -0.3 is 15.2 Å². The number of esters is 1. The number of anilines is 1. The van der Waals surface area contributed by atoms with Crippen LogP contribution in [0, 0.1) is 0 Å². The molecule has 0 aromatic heterocycles. The van der Waals surface area contributed by atoms with E-state index < -0.39 is 12.1 Å². The number of ether oxygens (including phenoxy) is 1. The molecule has 86 valence electrons. The molecule has 0 saturated heterocycles. The maximum atomic E-state index is 11.2. The molecule has 0 saturated carbocycles. The molecule has 0 radical (unpaired) electrons. The fourth-order valence-electron chi connectivity index (χ4n) is 1.09. The van der Waals surface area contributed by atoms with Gasteiger partial charge in [0.15, 0.2) is 6.10 Å². The van der Waals surface area contributed by atoms with Gasteiger partial charge >= 0.3 is 5.97 Å². The molecule has 0 bridgehead atoms. The first-order valence-corrected chi connectivity index (χ1v) is 4.98. The summed E-state index contributed by atoms with van der Waals surface area (Å²) in [4.78, 5) is 11.2. The van der Waals surface area contributed by atoms with E-state index in [1.165, 1.54) is 6.08 Å². The third-order valence-electron chi connectivity index (χ3n) is 1.89. The maximum Gasteiger partial charge on any atom is 0.337 e. The molecule has 4 heteroatoms. The molecule has 1 aromatic rings. The number of hydrogen-bond acceptors (Lipinski definition) is 4. The highest BCUT2D eigenvalue weighted by atomic mass is 16.8. The van der Waals surface area contributed by atoms with E-state index in [0.717, 1.165) is 5.69 Å². The number of nitrogens with one attached hydrogen (secondary N) is 1. The third kappa shape index (κ3) is 4.14. The van der Waals surface area contributed by atoms with Crippen molar-refractivity contribution in [3.63, 3.8) is 0 Å². The number of aliphatic hydroxyl groups is 1. The Morgan fingerprint density at radius 3 is 2.81 bits per heavy atom. The molecule has 2 N–H and O–H groups in total. The molecule has 1 atom stereocenters. The minimum absolute atomic E-state index is 0.112. The van der Waals surface area contributed by atoms with Crippen LogP contribution in [0.15, 0.2) is 43.0 Å². The van der Waals surface area contributed by atoms with Crippen LogP contribution in [0.25, 0.3) is 0 Å². The summed E-state index contributed by atoms with van der Waals surface area (Å²) >= 11 is 0. The van der Waals surface area contributed by atoms with Gasteiger partial charge in [-0.05, 0) is 12.1 Å². The van der Waals surface area contributed by atoms with Gasteiger partial charge in [0.2, 0.25) is 0 Å². The van der Waals surface area contributed by atoms with Crippen molar-refractivity contribution < 1.29 is 14.6 Å². The first-order valence-electron chi connectivity index (χ1n) is 4.98. The first-order chi connectivity index (χ1) is 7.74. The van der Waals surface area contributed by atoms with Gasteiger partial charge in [0.1, 0.15) is 6.61 Å². The van der Waals surface area contributed by atoms with E-state index in [1.807, 2.05) is 30.3 Å². The fourth-order valence-corrected chi connectivity index (χ4v) is 1.09. The van der Waals surface area contributed by atoms with Crippen LogP contribution in [0.3, 0.4) is 0 Å². The highest BCUT2D eigenvalue weighted by Crippen LogP contribution is 2.04. The second kappa shape index (κ2) is 6.63. The van der Waals surface area contributed by atoms with E-state index in [4.69, 9.17) is 4.74 Å². The molecule has 1 rings (SSSR count). The normalized spacial score (nSPS) is 11.6. The summed E-state index contributed by atoms with van der Waals surface area (Å²) in [5, 5.41) is 12.4. The lowest BCUT2D eigenvalue weighted by Crippen LogP contribution is -2.30. The van der Waals surface area contributed by atoms with Crippen LogP contribution in [0.2, 0.25) is 0 Å². The maximum absolute atomic E-state index is 11.2. The minimum Gasteiger partial charge on any atom is -0.460 e. The number of carbonyl (C=O) groups is 1. The van der Waals surface area contributed by atoms with Gasteiger partial charge in [-0.25, -0.2) is 4.79 Å². The van der Waals surface area contributed by atoms with Gasteiger partial charge in [0.05, 0.1) is 6.54 Å². The van der Waals surface area contributed by atoms with Gasteiger partial charge in [-0.3, -0.25) is 0 Å². The molecule has 0 fully saturated rings. The quantitative estimate of drug-likeness (QED) is 0.562. The second-order valence-electron chi connectivity index (χ2n) is 3.18. The van der Waals surface area contributed by atoms with Crippen molar-refractivity contribution in [2.24, 2.45) is 0 Å². The van der Waals surface area contributed by atoms with Gasteiger partial charge in [-0.15, -0.1) is 0 Å². The zero-order valence-corrected chi connectivity index (χ0v) is 8.93. The standard InChI is InChI=1S/C12H15NO3/c1-2-8-16-12(15)11(14)9-13-10-6-4-3-5-7-10/h2-7,11,13-14H,1,8-9H2/t11-/m1/s1/i12+2. The number of carbonyl (C=O) groups excluding carboxylic acids is 1. The SMILES string of the molecule is C=CCO[14C](=O)[C@H](O)CNc1ccccc1. The minimum atomic E-state index is -1.17. The monoisotopic (exact) mass is 223 g/mol. The van der Waals surface area contributed by atoms with E-state index in [2.05, 4.69) is 11.9 Å². The number of rotatable bonds is 6. The number of benzene rings is 1. The Bertz CT molecular complexity index is 337. The zero-order valence-electron chi connectivity index (χ0n) is 8.93. The summed E-state index contributed by atoms with van der Waals surface area (Å²) in [7, 11) is 0. The van der Waals surface area contributed by atoms with E-state index in [0.29, 0.717) is 0 Å². The Morgan fingerprint density at radius 1 is 1.50 bits per heavy atom.